The van der Waals surface area contributed by atoms with E-state index in [-0.39, 0.29) is 12.6 Å². The summed E-state index contributed by atoms with van der Waals surface area (Å²) in [7, 11) is 3.89. The van der Waals surface area contributed by atoms with Gasteiger partial charge in [0.1, 0.15) is 0 Å². The lowest BCUT2D eigenvalue weighted by atomic mass is 10.0. The molecule has 0 aromatic heterocycles. The molecule has 0 aromatic rings. The second-order valence-electron chi connectivity index (χ2n) is 4.75. The van der Waals surface area contributed by atoms with Crippen molar-refractivity contribution in [2.24, 2.45) is 11.7 Å². The minimum atomic E-state index is -1.25. The van der Waals surface area contributed by atoms with Crippen LogP contribution in [0.3, 0.4) is 0 Å². The average Bonchev–Trinajstić information content (AvgIpc) is 2.27. The Morgan fingerprint density at radius 1 is 1.33 bits per heavy atom. The lowest BCUT2D eigenvalue weighted by Crippen LogP contribution is -2.51. The third-order valence-electron chi connectivity index (χ3n) is 2.74. The molecule has 2 atom stereocenters. The molecule has 0 bridgehead atoms. The summed E-state index contributed by atoms with van der Waals surface area (Å²) in [4.78, 5) is 25.0. The summed E-state index contributed by atoms with van der Waals surface area (Å²) < 4.78 is 4.69. The maximum atomic E-state index is 11.7. The van der Waals surface area contributed by atoms with Gasteiger partial charge in [0.25, 0.3) is 0 Å². The fraction of sp³-hybridized carbons (Fsp3) is 0.833. The van der Waals surface area contributed by atoms with E-state index in [1.807, 2.05) is 19.0 Å². The van der Waals surface area contributed by atoms with Crippen molar-refractivity contribution in [3.63, 3.8) is 0 Å². The minimum absolute atomic E-state index is 0.198. The minimum Gasteiger partial charge on any atom is -0.464 e. The van der Waals surface area contributed by atoms with Gasteiger partial charge in [-0.1, -0.05) is 13.8 Å². The molecule has 3 N–H and O–H groups in total. The highest BCUT2D eigenvalue weighted by molar-refractivity contribution is 6.01. The van der Waals surface area contributed by atoms with Crippen LogP contribution in [-0.4, -0.2) is 56.1 Å². The zero-order chi connectivity index (χ0) is 14.3. The maximum Gasteiger partial charge on any atom is 0.332 e. The van der Waals surface area contributed by atoms with E-state index in [2.05, 4.69) is 19.2 Å². The van der Waals surface area contributed by atoms with E-state index in [1.165, 1.54) is 0 Å². The van der Waals surface area contributed by atoms with Crippen LogP contribution in [-0.2, 0) is 14.3 Å². The standard InChI is InChI=1S/C12H25N3O3/c1-6-18-12(17)10(13)11(16)14-7-9(8(2)3)15(4)5/h8-10H,6-7,13H2,1-5H3,(H,14,16). The summed E-state index contributed by atoms with van der Waals surface area (Å²) in [5.41, 5.74) is 5.49. The van der Waals surface area contributed by atoms with Gasteiger partial charge in [-0.15, -0.1) is 0 Å². The van der Waals surface area contributed by atoms with Crippen LogP contribution in [0, 0.1) is 5.92 Å². The van der Waals surface area contributed by atoms with Gasteiger partial charge in [-0.2, -0.15) is 0 Å². The molecular weight excluding hydrogens is 234 g/mol. The van der Waals surface area contributed by atoms with Gasteiger partial charge < -0.3 is 20.7 Å². The van der Waals surface area contributed by atoms with E-state index < -0.39 is 17.9 Å². The van der Waals surface area contributed by atoms with Crippen molar-refractivity contribution in [1.82, 2.24) is 10.2 Å². The quantitative estimate of drug-likeness (QED) is 0.479. The van der Waals surface area contributed by atoms with Gasteiger partial charge in [-0.3, -0.25) is 4.79 Å². The summed E-state index contributed by atoms with van der Waals surface area (Å²) in [5.74, 6) is -0.805. The first-order chi connectivity index (χ1) is 8.31. The van der Waals surface area contributed by atoms with Crippen molar-refractivity contribution in [2.45, 2.75) is 32.9 Å². The predicted molar refractivity (Wildman–Crippen MR) is 69.9 cm³/mol. The number of ether oxygens (including phenoxy) is 1. The second-order valence-corrected chi connectivity index (χ2v) is 4.75. The number of rotatable bonds is 7. The van der Waals surface area contributed by atoms with Crippen LogP contribution in [0.2, 0.25) is 0 Å². The maximum absolute atomic E-state index is 11.7. The van der Waals surface area contributed by atoms with Crippen LogP contribution >= 0.6 is 0 Å². The Kier molecular flexibility index (Phi) is 7.54. The molecule has 0 saturated carbocycles. The van der Waals surface area contributed by atoms with Crippen molar-refractivity contribution >= 4 is 11.9 Å². The molecule has 0 aromatic carbocycles. The average molecular weight is 259 g/mol. The Labute approximate surface area is 109 Å². The third-order valence-corrected chi connectivity index (χ3v) is 2.74. The fourth-order valence-corrected chi connectivity index (χ4v) is 1.67. The summed E-state index contributed by atoms with van der Waals surface area (Å²) >= 11 is 0. The molecular formula is C12H25N3O3. The molecule has 6 heteroatoms. The van der Waals surface area contributed by atoms with E-state index in [4.69, 9.17) is 10.5 Å². The Balaban J connectivity index is 4.27. The lowest BCUT2D eigenvalue weighted by molar-refractivity contribution is -0.148. The van der Waals surface area contributed by atoms with Gasteiger partial charge in [-0.25, -0.2) is 4.79 Å². The summed E-state index contributed by atoms with van der Waals surface area (Å²) in [6.07, 6.45) is 0. The van der Waals surface area contributed by atoms with Gasteiger partial charge >= 0.3 is 5.97 Å². The number of nitrogens with one attached hydrogen (secondary N) is 1. The van der Waals surface area contributed by atoms with Gasteiger partial charge in [0, 0.05) is 12.6 Å². The van der Waals surface area contributed by atoms with Crippen molar-refractivity contribution < 1.29 is 14.3 Å². The van der Waals surface area contributed by atoms with Crippen LogP contribution in [0.15, 0.2) is 0 Å². The number of carbonyl (C=O) groups is 2. The summed E-state index contributed by atoms with van der Waals surface area (Å²) in [6.45, 7) is 6.48. The molecule has 0 aliphatic heterocycles. The van der Waals surface area contributed by atoms with Crippen LogP contribution in [0.4, 0.5) is 0 Å². The Morgan fingerprint density at radius 3 is 2.28 bits per heavy atom. The Morgan fingerprint density at radius 2 is 1.89 bits per heavy atom. The zero-order valence-corrected chi connectivity index (χ0v) is 11.9. The first-order valence-corrected chi connectivity index (χ1v) is 6.17. The summed E-state index contributed by atoms with van der Waals surface area (Å²) in [5, 5.41) is 2.68. The number of carbonyl (C=O) groups excluding carboxylic acids is 2. The number of esters is 1. The highest BCUT2D eigenvalue weighted by atomic mass is 16.5. The fourth-order valence-electron chi connectivity index (χ4n) is 1.67. The number of hydrogen-bond donors (Lipinski definition) is 2. The summed E-state index contributed by atoms with van der Waals surface area (Å²) in [6, 6.07) is -1.05. The largest absolute Gasteiger partial charge is 0.464 e. The van der Waals surface area contributed by atoms with Gasteiger partial charge in [0.05, 0.1) is 6.61 Å². The van der Waals surface area contributed by atoms with E-state index in [9.17, 15) is 9.59 Å². The van der Waals surface area contributed by atoms with Crippen molar-refractivity contribution in [3.05, 3.63) is 0 Å². The molecule has 0 rings (SSSR count). The normalized spacial score (nSPS) is 14.4. The predicted octanol–water partition coefficient (Wildman–Crippen LogP) is -0.421. The van der Waals surface area contributed by atoms with Gasteiger partial charge in [0.15, 0.2) is 6.04 Å². The number of nitrogens with two attached hydrogens (primary N) is 1. The smallest absolute Gasteiger partial charge is 0.332 e. The molecule has 106 valence electrons. The molecule has 0 aliphatic carbocycles. The molecule has 0 radical (unpaired) electrons. The number of nitrogens with zero attached hydrogens (tertiary/aromatic N) is 1. The number of hydrogen-bond acceptors (Lipinski definition) is 5. The van der Waals surface area contributed by atoms with E-state index >= 15 is 0 Å². The van der Waals surface area contributed by atoms with E-state index in [0.29, 0.717) is 12.5 Å². The lowest BCUT2D eigenvalue weighted by Gasteiger charge is -2.28. The molecule has 0 aliphatic rings. The number of amides is 1. The topological polar surface area (TPSA) is 84.7 Å². The molecule has 1 amide bonds. The second kappa shape index (κ2) is 8.05. The Bertz CT molecular complexity index is 272. The van der Waals surface area contributed by atoms with E-state index in [0.717, 1.165) is 0 Å². The van der Waals surface area contributed by atoms with Crippen molar-refractivity contribution in [3.8, 4) is 0 Å². The van der Waals surface area contributed by atoms with Crippen LogP contribution < -0.4 is 11.1 Å². The Hall–Kier alpha value is -1.14. The van der Waals surface area contributed by atoms with Gasteiger partial charge in [-0.05, 0) is 26.9 Å². The molecule has 0 saturated heterocycles. The van der Waals surface area contributed by atoms with Gasteiger partial charge in [0.2, 0.25) is 5.91 Å². The zero-order valence-electron chi connectivity index (χ0n) is 11.9. The monoisotopic (exact) mass is 259 g/mol. The molecule has 0 heterocycles. The first kappa shape index (κ1) is 16.9. The van der Waals surface area contributed by atoms with Crippen LogP contribution in [0.1, 0.15) is 20.8 Å². The molecule has 2 unspecified atom stereocenters. The highest BCUT2D eigenvalue weighted by Crippen LogP contribution is 2.05. The van der Waals surface area contributed by atoms with Crippen molar-refractivity contribution in [2.75, 3.05) is 27.2 Å². The molecule has 18 heavy (non-hydrogen) atoms. The van der Waals surface area contributed by atoms with E-state index in [1.54, 1.807) is 6.92 Å². The number of likely N-dealkylation sites (N-methyl/N-ethyl adjacent to an activating group) is 1. The van der Waals surface area contributed by atoms with Crippen LogP contribution in [0.5, 0.6) is 0 Å². The SMILES string of the molecule is CCOC(=O)C(N)C(=O)NCC(C(C)C)N(C)C. The molecule has 6 nitrogen and oxygen atoms in total. The molecule has 0 spiro atoms. The third kappa shape index (κ3) is 5.46. The highest BCUT2D eigenvalue weighted by Gasteiger charge is 2.24. The van der Waals surface area contributed by atoms with Crippen LogP contribution in [0.25, 0.3) is 0 Å². The first-order valence-electron chi connectivity index (χ1n) is 6.17. The van der Waals surface area contributed by atoms with Crippen molar-refractivity contribution in [1.29, 1.82) is 0 Å². The molecule has 0 fully saturated rings.